The summed E-state index contributed by atoms with van der Waals surface area (Å²) < 4.78 is 26.8. The number of benzene rings is 1. The Morgan fingerprint density at radius 2 is 1.82 bits per heavy atom. The van der Waals surface area contributed by atoms with E-state index in [9.17, 15) is 13.2 Å². The molecule has 1 aromatic rings. The highest BCUT2D eigenvalue weighted by atomic mass is 32.2. The van der Waals surface area contributed by atoms with Crippen molar-refractivity contribution in [1.82, 2.24) is 4.72 Å². The number of nitrogens with one attached hydrogen (secondary N) is 1. The van der Waals surface area contributed by atoms with E-state index >= 15 is 0 Å². The molecule has 0 aliphatic heterocycles. The van der Waals surface area contributed by atoms with Gasteiger partial charge in [-0.05, 0) is 43.4 Å². The molecule has 1 fully saturated rings. The summed E-state index contributed by atoms with van der Waals surface area (Å²) >= 11 is 0. The summed E-state index contributed by atoms with van der Waals surface area (Å²) in [6.07, 6.45) is 5.85. The number of rotatable bonds is 6. The third-order valence-corrected chi connectivity index (χ3v) is 5.71. The van der Waals surface area contributed by atoms with Gasteiger partial charge >= 0.3 is 5.97 Å². The van der Waals surface area contributed by atoms with Crippen LogP contribution in [0, 0.1) is 0 Å². The SMILES string of the molecule is C[C@@H](CC(=O)O)NS(=O)(=O)c1ccc(C2CCCCC2)cc1. The molecule has 0 amide bonds. The van der Waals surface area contributed by atoms with Crippen molar-refractivity contribution in [2.24, 2.45) is 0 Å². The van der Waals surface area contributed by atoms with Crippen LogP contribution in [0.5, 0.6) is 0 Å². The van der Waals surface area contributed by atoms with Crippen molar-refractivity contribution in [1.29, 1.82) is 0 Å². The van der Waals surface area contributed by atoms with Crippen LogP contribution >= 0.6 is 0 Å². The van der Waals surface area contributed by atoms with Gasteiger partial charge in [-0.15, -0.1) is 0 Å². The standard InChI is InChI=1S/C16H23NO4S/c1-12(11-16(18)19)17-22(20,21)15-9-7-14(8-10-15)13-5-3-2-4-6-13/h7-10,12-13,17H,2-6,11H2,1H3,(H,18,19)/t12-/m0/s1. The average Bonchev–Trinajstić information content (AvgIpc) is 2.47. The highest BCUT2D eigenvalue weighted by Gasteiger charge is 2.20. The normalized spacial score (nSPS) is 18.0. The molecule has 1 aromatic carbocycles. The van der Waals surface area contributed by atoms with Crippen LogP contribution in [0.4, 0.5) is 0 Å². The second kappa shape index (κ2) is 7.24. The summed E-state index contributed by atoms with van der Waals surface area (Å²) in [4.78, 5) is 10.8. The lowest BCUT2D eigenvalue weighted by Gasteiger charge is -2.22. The number of carboxylic acids is 1. The molecule has 5 nitrogen and oxygen atoms in total. The maximum absolute atomic E-state index is 12.2. The van der Waals surface area contributed by atoms with E-state index in [1.807, 2.05) is 12.1 Å². The Kier molecular flexibility index (Phi) is 5.58. The van der Waals surface area contributed by atoms with E-state index in [-0.39, 0.29) is 11.3 Å². The maximum Gasteiger partial charge on any atom is 0.304 e. The molecule has 6 heteroatoms. The number of sulfonamides is 1. The number of carbonyl (C=O) groups is 1. The first kappa shape index (κ1) is 17.0. The van der Waals surface area contributed by atoms with Crippen LogP contribution in [-0.4, -0.2) is 25.5 Å². The monoisotopic (exact) mass is 325 g/mol. The van der Waals surface area contributed by atoms with Crippen molar-refractivity contribution in [3.05, 3.63) is 29.8 Å². The summed E-state index contributed by atoms with van der Waals surface area (Å²) in [5.74, 6) is -0.493. The van der Waals surface area contributed by atoms with E-state index in [0.717, 1.165) is 0 Å². The first-order valence-electron chi connectivity index (χ1n) is 7.72. The summed E-state index contributed by atoms with van der Waals surface area (Å²) in [6.45, 7) is 1.54. The molecule has 1 aliphatic carbocycles. The summed E-state index contributed by atoms with van der Waals surface area (Å²) in [5.41, 5.74) is 1.19. The molecule has 1 aliphatic rings. The van der Waals surface area contributed by atoms with Gasteiger partial charge in [0.1, 0.15) is 0 Å². The van der Waals surface area contributed by atoms with E-state index in [2.05, 4.69) is 4.72 Å². The molecule has 1 atom stereocenters. The van der Waals surface area contributed by atoms with Crippen LogP contribution in [0.1, 0.15) is 56.9 Å². The van der Waals surface area contributed by atoms with Gasteiger partial charge in [0.05, 0.1) is 11.3 Å². The predicted octanol–water partition coefficient (Wildman–Crippen LogP) is 2.88. The van der Waals surface area contributed by atoms with Crippen LogP contribution in [0.15, 0.2) is 29.2 Å². The molecule has 0 spiro atoms. The molecule has 22 heavy (non-hydrogen) atoms. The summed E-state index contributed by atoms with van der Waals surface area (Å²) in [6, 6.07) is 6.35. The highest BCUT2D eigenvalue weighted by molar-refractivity contribution is 7.89. The van der Waals surface area contributed by atoms with Crippen LogP contribution in [0.3, 0.4) is 0 Å². The van der Waals surface area contributed by atoms with Crippen molar-refractivity contribution in [3.8, 4) is 0 Å². The van der Waals surface area contributed by atoms with E-state index in [1.54, 1.807) is 19.1 Å². The van der Waals surface area contributed by atoms with Crippen LogP contribution in [0.25, 0.3) is 0 Å². The quantitative estimate of drug-likeness (QED) is 0.842. The Morgan fingerprint density at radius 1 is 1.23 bits per heavy atom. The summed E-state index contributed by atoms with van der Waals surface area (Å²) in [5, 5.41) is 8.70. The smallest absolute Gasteiger partial charge is 0.304 e. The minimum atomic E-state index is -3.67. The molecule has 0 heterocycles. The van der Waals surface area contributed by atoms with Crippen molar-refractivity contribution in [2.45, 2.75) is 62.3 Å². The fourth-order valence-electron chi connectivity index (χ4n) is 2.99. The van der Waals surface area contributed by atoms with Crippen LogP contribution < -0.4 is 4.72 Å². The van der Waals surface area contributed by atoms with Gasteiger partial charge in [0, 0.05) is 6.04 Å². The van der Waals surface area contributed by atoms with Gasteiger partial charge in [0.2, 0.25) is 10.0 Å². The van der Waals surface area contributed by atoms with Gasteiger partial charge in [-0.1, -0.05) is 31.4 Å². The fraction of sp³-hybridized carbons (Fsp3) is 0.562. The van der Waals surface area contributed by atoms with Gasteiger partial charge in [-0.2, -0.15) is 0 Å². The predicted molar refractivity (Wildman–Crippen MR) is 84.3 cm³/mol. The zero-order chi connectivity index (χ0) is 16.2. The van der Waals surface area contributed by atoms with Crippen molar-refractivity contribution >= 4 is 16.0 Å². The largest absolute Gasteiger partial charge is 0.481 e. The zero-order valence-electron chi connectivity index (χ0n) is 12.8. The maximum atomic E-state index is 12.2. The van der Waals surface area contributed by atoms with E-state index < -0.39 is 22.0 Å². The van der Waals surface area contributed by atoms with Crippen molar-refractivity contribution < 1.29 is 18.3 Å². The van der Waals surface area contributed by atoms with Gasteiger partial charge in [0.25, 0.3) is 0 Å². The van der Waals surface area contributed by atoms with Crippen LogP contribution in [0.2, 0.25) is 0 Å². The Balaban J connectivity index is 2.06. The third-order valence-electron chi connectivity index (χ3n) is 4.10. The number of hydrogen-bond acceptors (Lipinski definition) is 3. The number of carboxylic acid groups (broad SMARTS) is 1. The molecular formula is C16H23NO4S. The average molecular weight is 325 g/mol. The van der Waals surface area contributed by atoms with E-state index in [1.165, 1.54) is 37.7 Å². The minimum Gasteiger partial charge on any atom is -0.481 e. The number of aliphatic carboxylic acids is 1. The van der Waals surface area contributed by atoms with Gasteiger partial charge in [-0.25, -0.2) is 13.1 Å². The van der Waals surface area contributed by atoms with Crippen molar-refractivity contribution in [2.75, 3.05) is 0 Å². The Morgan fingerprint density at radius 3 is 2.36 bits per heavy atom. The molecule has 2 N–H and O–H groups in total. The molecular weight excluding hydrogens is 302 g/mol. The lowest BCUT2D eigenvalue weighted by molar-refractivity contribution is -0.137. The molecule has 122 valence electrons. The van der Waals surface area contributed by atoms with Crippen LogP contribution in [-0.2, 0) is 14.8 Å². The number of hydrogen-bond donors (Lipinski definition) is 2. The van der Waals surface area contributed by atoms with Gasteiger partial charge < -0.3 is 5.11 Å². The van der Waals surface area contributed by atoms with E-state index in [0.29, 0.717) is 5.92 Å². The first-order chi connectivity index (χ1) is 10.4. The molecule has 0 saturated heterocycles. The van der Waals surface area contributed by atoms with Crippen molar-refractivity contribution in [3.63, 3.8) is 0 Å². The lowest BCUT2D eigenvalue weighted by atomic mass is 9.84. The van der Waals surface area contributed by atoms with E-state index in [4.69, 9.17) is 5.11 Å². The topological polar surface area (TPSA) is 83.5 Å². The minimum absolute atomic E-state index is 0.185. The third kappa shape index (κ3) is 4.55. The Hall–Kier alpha value is -1.40. The molecule has 0 aromatic heterocycles. The Bertz CT molecular complexity index is 604. The summed E-state index contributed by atoms with van der Waals surface area (Å²) in [7, 11) is -3.67. The first-order valence-corrected chi connectivity index (χ1v) is 9.21. The zero-order valence-corrected chi connectivity index (χ0v) is 13.6. The highest BCUT2D eigenvalue weighted by Crippen LogP contribution is 2.32. The van der Waals surface area contributed by atoms with Gasteiger partial charge in [0.15, 0.2) is 0 Å². The molecule has 1 saturated carbocycles. The fourth-order valence-corrected chi connectivity index (χ4v) is 4.24. The molecule has 0 unspecified atom stereocenters. The lowest BCUT2D eigenvalue weighted by Crippen LogP contribution is -2.34. The molecule has 0 bridgehead atoms. The second-order valence-corrected chi connectivity index (χ2v) is 7.74. The molecule has 0 radical (unpaired) electrons. The molecule has 2 rings (SSSR count). The Labute approximate surface area is 131 Å². The van der Waals surface area contributed by atoms with Gasteiger partial charge in [-0.3, -0.25) is 4.79 Å². The second-order valence-electron chi connectivity index (χ2n) is 6.02.